The molecule has 2 saturated heterocycles. The average molecular weight is 333 g/mol. The first-order valence-electron chi connectivity index (χ1n) is 8.07. The van der Waals surface area contributed by atoms with E-state index >= 15 is 0 Å². The maximum absolute atomic E-state index is 12.4. The van der Waals surface area contributed by atoms with Crippen molar-refractivity contribution in [3.63, 3.8) is 0 Å². The van der Waals surface area contributed by atoms with Crippen LogP contribution in [0.3, 0.4) is 0 Å². The highest BCUT2D eigenvalue weighted by Gasteiger charge is 2.32. The number of nitrogens with zero attached hydrogens (tertiary/aromatic N) is 3. The molecule has 2 heterocycles. The zero-order valence-electron chi connectivity index (χ0n) is 13.7. The number of piperidine rings is 1. The van der Waals surface area contributed by atoms with Crippen molar-refractivity contribution in [3.05, 3.63) is 0 Å². The lowest BCUT2D eigenvalue weighted by atomic mass is 9.97. The number of hydrogen-bond acceptors (Lipinski definition) is 3. The summed E-state index contributed by atoms with van der Waals surface area (Å²) in [6.07, 6.45) is 4.03. The second-order valence-electron chi connectivity index (χ2n) is 6.13. The van der Waals surface area contributed by atoms with Crippen LogP contribution >= 0.6 is 12.4 Å². The normalized spacial score (nSPS) is 21.5. The minimum atomic E-state index is -0.0350. The molecule has 0 aromatic rings. The van der Waals surface area contributed by atoms with E-state index in [-0.39, 0.29) is 30.3 Å². The number of likely N-dealkylation sites (N-methyl/N-ethyl adjacent to an activating group) is 2. The van der Waals surface area contributed by atoms with Gasteiger partial charge in [-0.2, -0.15) is 0 Å². The molecule has 0 aliphatic carbocycles. The molecule has 0 bridgehead atoms. The number of nitrogens with one attached hydrogen (secondary N) is 1. The molecule has 1 atom stereocenters. The van der Waals surface area contributed by atoms with Crippen LogP contribution in [0.4, 0.5) is 4.79 Å². The van der Waals surface area contributed by atoms with Gasteiger partial charge in [0.2, 0.25) is 5.91 Å². The van der Waals surface area contributed by atoms with E-state index < -0.39 is 0 Å². The summed E-state index contributed by atoms with van der Waals surface area (Å²) in [4.78, 5) is 30.5. The first-order chi connectivity index (χ1) is 10.1. The lowest BCUT2D eigenvalue weighted by molar-refractivity contribution is -0.135. The molecule has 6 nitrogen and oxygen atoms in total. The first kappa shape index (κ1) is 19.0. The van der Waals surface area contributed by atoms with Gasteiger partial charge in [-0.05, 0) is 32.7 Å². The van der Waals surface area contributed by atoms with Crippen LogP contribution in [0.15, 0.2) is 0 Å². The molecule has 128 valence electrons. The maximum atomic E-state index is 12.4. The van der Waals surface area contributed by atoms with Gasteiger partial charge in [0.15, 0.2) is 0 Å². The lowest BCUT2D eigenvalue weighted by Crippen LogP contribution is -2.50. The standard InChI is InChI=1S/C15H28N4O2.ClH/c1-16-7-11-17(2)14(20)13-6-5-10-19(12-13)15(21)18-8-3-4-9-18;/h13,16H,3-12H2,1-2H3;1H. The van der Waals surface area contributed by atoms with E-state index in [0.29, 0.717) is 13.1 Å². The Labute approximate surface area is 139 Å². The van der Waals surface area contributed by atoms with Gasteiger partial charge in [0.25, 0.3) is 0 Å². The Balaban J connectivity index is 0.00000242. The fraction of sp³-hybridized carbons (Fsp3) is 0.867. The van der Waals surface area contributed by atoms with Crippen LogP contribution in [-0.4, -0.2) is 80.0 Å². The molecule has 3 amide bonds. The molecule has 0 spiro atoms. The summed E-state index contributed by atoms with van der Waals surface area (Å²) in [6, 6.07) is 0.128. The minimum Gasteiger partial charge on any atom is -0.344 e. The Kier molecular flexibility index (Phi) is 7.96. The number of rotatable bonds is 4. The minimum absolute atomic E-state index is 0. The highest BCUT2D eigenvalue weighted by atomic mass is 35.5. The van der Waals surface area contributed by atoms with Crippen molar-refractivity contribution in [1.29, 1.82) is 0 Å². The van der Waals surface area contributed by atoms with Gasteiger partial charge in [0, 0.05) is 46.3 Å². The van der Waals surface area contributed by atoms with E-state index in [0.717, 1.165) is 51.9 Å². The van der Waals surface area contributed by atoms with Gasteiger partial charge >= 0.3 is 6.03 Å². The molecule has 2 fully saturated rings. The highest BCUT2D eigenvalue weighted by Crippen LogP contribution is 2.21. The van der Waals surface area contributed by atoms with Gasteiger partial charge < -0.3 is 20.0 Å². The Hall–Kier alpha value is -1.01. The molecule has 2 aliphatic rings. The van der Waals surface area contributed by atoms with Crippen molar-refractivity contribution >= 4 is 24.3 Å². The van der Waals surface area contributed by atoms with Gasteiger partial charge in [-0.15, -0.1) is 12.4 Å². The molecule has 0 saturated carbocycles. The summed E-state index contributed by atoms with van der Waals surface area (Å²) in [7, 11) is 3.73. The summed E-state index contributed by atoms with van der Waals surface area (Å²) < 4.78 is 0. The first-order valence-corrected chi connectivity index (χ1v) is 8.07. The summed E-state index contributed by atoms with van der Waals surface area (Å²) in [5.41, 5.74) is 0. The monoisotopic (exact) mass is 332 g/mol. The predicted molar refractivity (Wildman–Crippen MR) is 89.3 cm³/mol. The molecule has 2 aliphatic heterocycles. The largest absolute Gasteiger partial charge is 0.344 e. The number of carbonyl (C=O) groups excluding carboxylic acids is 2. The molecule has 2 rings (SSSR count). The number of urea groups is 1. The predicted octanol–water partition coefficient (Wildman–Crippen LogP) is 1.01. The van der Waals surface area contributed by atoms with Crippen LogP contribution in [0.25, 0.3) is 0 Å². The maximum Gasteiger partial charge on any atom is 0.320 e. The van der Waals surface area contributed by atoms with Crippen molar-refractivity contribution in [2.45, 2.75) is 25.7 Å². The van der Waals surface area contributed by atoms with E-state index in [4.69, 9.17) is 0 Å². The SMILES string of the molecule is CNCCN(C)C(=O)C1CCCN(C(=O)N2CCCC2)C1.Cl. The molecule has 0 aromatic heterocycles. The summed E-state index contributed by atoms with van der Waals surface area (Å²) >= 11 is 0. The molecule has 22 heavy (non-hydrogen) atoms. The molecular weight excluding hydrogens is 304 g/mol. The Morgan fingerprint density at radius 3 is 2.41 bits per heavy atom. The second kappa shape index (κ2) is 9.20. The number of amides is 3. The van der Waals surface area contributed by atoms with Crippen LogP contribution in [0.5, 0.6) is 0 Å². The van der Waals surface area contributed by atoms with Gasteiger partial charge in [-0.25, -0.2) is 4.79 Å². The van der Waals surface area contributed by atoms with E-state index in [1.54, 1.807) is 4.90 Å². The molecule has 0 aromatic carbocycles. The average Bonchev–Trinajstić information content (AvgIpc) is 3.05. The second-order valence-corrected chi connectivity index (χ2v) is 6.13. The van der Waals surface area contributed by atoms with Gasteiger partial charge in [0.1, 0.15) is 0 Å². The van der Waals surface area contributed by atoms with E-state index in [2.05, 4.69) is 5.32 Å². The number of halogens is 1. The van der Waals surface area contributed by atoms with E-state index in [9.17, 15) is 9.59 Å². The number of hydrogen-bond donors (Lipinski definition) is 1. The Bertz CT molecular complexity index is 375. The van der Waals surface area contributed by atoms with Crippen molar-refractivity contribution in [1.82, 2.24) is 20.0 Å². The van der Waals surface area contributed by atoms with Crippen molar-refractivity contribution < 1.29 is 9.59 Å². The summed E-state index contributed by atoms with van der Waals surface area (Å²) in [5, 5.41) is 3.06. The third-order valence-electron chi connectivity index (χ3n) is 4.49. The zero-order valence-corrected chi connectivity index (χ0v) is 14.5. The topological polar surface area (TPSA) is 55.9 Å². The fourth-order valence-corrected chi connectivity index (χ4v) is 3.16. The quantitative estimate of drug-likeness (QED) is 0.836. The molecule has 1 N–H and O–H groups in total. The zero-order chi connectivity index (χ0) is 15.2. The molecule has 1 unspecified atom stereocenters. The van der Waals surface area contributed by atoms with Crippen LogP contribution in [-0.2, 0) is 4.79 Å². The van der Waals surface area contributed by atoms with Gasteiger partial charge in [-0.1, -0.05) is 0 Å². The third kappa shape index (κ3) is 4.74. The van der Waals surface area contributed by atoms with Crippen LogP contribution in [0.2, 0.25) is 0 Å². The number of likely N-dealkylation sites (tertiary alicyclic amines) is 2. The third-order valence-corrected chi connectivity index (χ3v) is 4.49. The summed E-state index contributed by atoms with van der Waals surface area (Å²) in [5.74, 6) is 0.135. The van der Waals surface area contributed by atoms with Crippen LogP contribution in [0, 0.1) is 5.92 Å². The smallest absolute Gasteiger partial charge is 0.320 e. The van der Waals surface area contributed by atoms with Crippen molar-refractivity contribution in [3.8, 4) is 0 Å². The van der Waals surface area contributed by atoms with Crippen molar-refractivity contribution in [2.75, 3.05) is 53.4 Å². The van der Waals surface area contributed by atoms with Crippen LogP contribution in [0.1, 0.15) is 25.7 Å². The van der Waals surface area contributed by atoms with Crippen molar-refractivity contribution in [2.24, 2.45) is 5.92 Å². The molecule has 7 heteroatoms. The van der Waals surface area contributed by atoms with E-state index in [1.165, 1.54) is 0 Å². The highest BCUT2D eigenvalue weighted by molar-refractivity contribution is 5.85. The Morgan fingerprint density at radius 1 is 1.14 bits per heavy atom. The van der Waals surface area contributed by atoms with E-state index in [1.807, 2.05) is 23.9 Å². The fourth-order valence-electron chi connectivity index (χ4n) is 3.16. The summed E-state index contributed by atoms with van der Waals surface area (Å²) in [6.45, 7) is 4.63. The Morgan fingerprint density at radius 2 is 1.77 bits per heavy atom. The lowest BCUT2D eigenvalue weighted by Gasteiger charge is -2.36. The molecule has 0 radical (unpaired) electrons. The van der Waals surface area contributed by atoms with Gasteiger partial charge in [0.05, 0.1) is 5.92 Å². The molecular formula is C15H29ClN4O2. The van der Waals surface area contributed by atoms with Gasteiger partial charge in [-0.3, -0.25) is 4.79 Å². The van der Waals surface area contributed by atoms with Crippen LogP contribution < -0.4 is 5.32 Å². The number of carbonyl (C=O) groups is 2.